The number of hydrogen-bond donors (Lipinski definition) is 1. The summed E-state index contributed by atoms with van der Waals surface area (Å²) in [6.07, 6.45) is 2.28. The zero-order valence-electron chi connectivity index (χ0n) is 12.2. The van der Waals surface area contributed by atoms with Crippen LogP contribution in [0.1, 0.15) is 24.6 Å². The van der Waals surface area contributed by atoms with Gasteiger partial charge in [-0.25, -0.2) is 0 Å². The van der Waals surface area contributed by atoms with Crippen LogP contribution in [-0.2, 0) is 15.5 Å². The van der Waals surface area contributed by atoms with Crippen LogP contribution in [0.4, 0.5) is 0 Å². The Morgan fingerprint density at radius 1 is 1.43 bits per heavy atom. The SMILES string of the molecule is CNC(CS(=O)CC1CCCO1)c1cc2ccccc2o1. The predicted octanol–water partition coefficient (Wildman–Crippen LogP) is 2.62. The van der Waals surface area contributed by atoms with Crippen LogP contribution >= 0.6 is 0 Å². The molecule has 1 aliphatic rings. The third kappa shape index (κ3) is 3.54. The van der Waals surface area contributed by atoms with Crippen molar-refractivity contribution in [3.8, 4) is 0 Å². The van der Waals surface area contributed by atoms with Gasteiger partial charge in [0.15, 0.2) is 0 Å². The van der Waals surface area contributed by atoms with Crippen molar-refractivity contribution in [2.75, 3.05) is 25.2 Å². The van der Waals surface area contributed by atoms with E-state index in [2.05, 4.69) is 5.32 Å². The Morgan fingerprint density at radius 2 is 2.29 bits per heavy atom. The molecule has 2 aromatic rings. The minimum atomic E-state index is -0.909. The summed E-state index contributed by atoms with van der Waals surface area (Å²) in [5.41, 5.74) is 0.873. The monoisotopic (exact) mass is 307 g/mol. The fraction of sp³-hybridized carbons (Fsp3) is 0.500. The lowest BCUT2D eigenvalue weighted by Crippen LogP contribution is -2.26. The van der Waals surface area contributed by atoms with Crippen molar-refractivity contribution in [3.05, 3.63) is 36.1 Å². The summed E-state index contributed by atoms with van der Waals surface area (Å²) in [4.78, 5) is 0. The van der Waals surface area contributed by atoms with Gasteiger partial charge in [-0.05, 0) is 32.0 Å². The van der Waals surface area contributed by atoms with E-state index in [-0.39, 0.29) is 12.1 Å². The van der Waals surface area contributed by atoms with Gasteiger partial charge in [-0.15, -0.1) is 0 Å². The van der Waals surface area contributed by atoms with E-state index >= 15 is 0 Å². The molecule has 1 saturated heterocycles. The van der Waals surface area contributed by atoms with E-state index in [1.807, 2.05) is 37.4 Å². The van der Waals surface area contributed by atoms with Crippen LogP contribution in [0.15, 0.2) is 34.7 Å². The molecule has 21 heavy (non-hydrogen) atoms. The number of nitrogens with one attached hydrogen (secondary N) is 1. The van der Waals surface area contributed by atoms with E-state index in [9.17, 15) is 4.21 Å². The topological polar surface area (TPSA) is 51.5 Å². The number of furan rings is 1. The molecule has 0 radical (unpaired) electrons. The Hall–Kier alpha value is -1.17. The first-order valence-electron chi connectivity index (χ1n) is 7.38. The van der Waals surface area contributed by atoms with Crippen molar-refractivity contribution in [3.63, 3.8) is 0 Å². The zero-order valence-corrected chi connectivity index (χ0v) is 13.0. The van der Waals surface area contributed by atoms with Gasteiger partial charge in [0, 0.05) is 34.3 Å². The number of ether oxygens (including phenoxy) is 1. The van der Waals surface area contributed by atoms with Gasteiger partial charge in [-0.1, -0.05) is 18.2 Å². The summed E-state index contributed by atoms with van der Waals surface area (Å²) in [7, 11) is 0.967. The summed E-state index contributed by atoms with van der Waals surface area (Å²) in [5.74, 6) is 2.02. The molecule has 3 atom stereocenters. The first-order chi connectivity index (χ1) is 10.3. The largest absolute Gasteiger partial charge is 0.459 e. The second kappa shape index (κ2) is 6.73. The molecule has 0 bridgehead atoms. The molecule has 1 N–H and O–H groups in total. The molecular formula is C16H21NO3S. The lowest BCUT2D eigenvalue weighted by Gasteiger charge is -2.15. The van der Waals surface area contributed by atoms with Crippen molar-refractivity contribution < 1.29 is 13.4 Å². The normalized spacial score (nSPS) is 21.7. The van der Waals surface area contributed by atoms with Crippen molar-refractivity contribution >= 4 is 21.8 Å². The van der Waals surface area contributed by atoms with Gasteiger partial charge < -0.3 is 14.5 Å². The quantitative estimate of drug-likeness (QED) is 0.891. The smallest absolute Gasteiger partial charge is 0.134 e. The number of para-hydroxylation sites is 1. The summed E-state index contributed by atoms with van der Waals surface area (Å²) in [5, 5.41) is 4.29. The highest BCUT2D eigenvalue weighted by atomic mass is 32.2. The molecule has 0 aliphatic carbocycles. The van der Waals surface area contributed by atoms with Crippen LogP contribution in [-0.4, -0.2) is 35.5 Å². The molecule has 2 heterocycles. The van der Waals surface area contributed by atoms with Gasteiger partial charge in [-0.3, -0.25) is 4.21 Å². The number of hydrogen-bond acceptors (Lipinski definition) is 4. The minimum Gasteiger partial charge on any atom is -0.459 e. The van der Waals surface area contributed by atoms with Crippen molar-refractivity contribution in [2.24, 2.45) is 0 Å². The van der Waals surface area contributed by atoms with E-state index in [1.165, 1.54) is 0 Å². The molecule has 1 fully saturated rings. The third-order valence-corrected chi connectivity index (χ3v) is 5.33. The van der Waals surface area contributed by atoms with E-state index < -0.39 is 10.8 Å². The van der Waals surface area contributed by atoms with Gasteiger partial charge in [0.1, 0.15) is 11.3 Å². The molecule has 0 amide bonds. The molecule has 0 spiro atoms. The molecule has 114 valence electrons. The van der Waals surface area contributed by atoms with Gasteiger partial charge in [-0.2, -0.15) is 0 Å². The van der Waals surface area contributed by atoms with E-state index in [0.29, 0.717) is 11.5 Å². The Kier molecular flexibility index (Phi) is 4.73. The highest BCUT2D eigenvalue weighted by molar-refractivity contribution is 7.85. The molecule has 0 saturated carbocycles. The second-order valence-corrected chi connectivity index (χ2v) is 6.98. The second-order valence-electron chi connectivity index (χ2n) is 5.44. The van der Waals surface area contributed by atoms with Crippen LogP contribution in [0.2, 0.25) is 0 Å². The molecular weight excluding hydrogens is 286 g/mol. The third-order valence-electron chi connectivity index (χ3n) is 3.88. The van der Waals surface area contributed by atoms with Gasteiger partial charge >= 0.3 is 0 Å². The predicted molar refractivity (Wildman–Crippen MR) is 84.9 cm³/mol. The Bertz CT molecular complexity index is 586. The first-order valence-corrected chi connectivity index (χ1v) is 8.87. The molecule has 5 heteroatoms. The van der Waals surface area contributed by atoms with Crippen LogP contribution in [0.25, 0.3) is 11.0 Å². The van der Waals surface area contributed by atoms with E-state index in [0.717, 1.165) is 36.2 Å². The summed E-state index contributed by atoms with van der Waals surface area (Å²) in [6, 6.07) is 9.93. The molecule has 4 nitrogen and oxygen atoms in total. The van der Waals surface area contributed by atoms with Crippen LogP contribution in [0.3, 0.4) is 0 Å². The van der Waals surface area contributed by atoms with E-state index in [1.54, 1.807) is 0 Å². The summed E-state index contributed by atoms with van der Waals surface area (Å²) >= 11 is 0. The highest BCUT2D eigenvalue weighted by Gasteiger charge is 2.22. The molecule has 1 aromatic carbocycles. The minimum absolute atomic E-state index is 0.0281. The fourth-order valence-electron chi connectivity index (χ4n) is 2.72. The maximum Gasteiger partial charge on any atom is 0.134 e. The maximum absolute atomic E-state index is 12.3. The van der Waals surface area contributed by atoms with Crippen molar-refractivity contribution in [2.45, 2.75) is 25.0 Å². The van der Waals surface area contributed by atoms with Crippen LogP contribution < -0.4 is 5.32 Å². The average Bonchev–Trinajstić information content (AvgIpc) is 3.13. The maximum atomic E-state index is 12.3. The van der Waals surface area contributed by atoms with Crippen molar-refractivity contribution in [1.82, 2.24) is 5.32 Å². The average molecular weight is 307 g/mol. The standard InChI is InChI=1S/C16H21NO3S/c1-17-14(11-21(18)10-13-6-4-8-19-13)16-9-12-5-2-3-7-15(12)20-16/h2-3,5,7,9,13-14,17H,4,6,8,10-11H2,1H3. The lowest BCUT2D eigenvalue weighted by molar-refractivity contribution is 0.128. The zero-order chi connectivity index (χ0) is 14.7. The summed E-state index contributed by atoms with van der Waals surface area (Å²) < 4.78 is 23.7. The number of benzene rings is 1. The van der Waals surface area contributed by atoms with Gasteiger partial charge in [0.2, 0.25) is 0 Å². The molecule has 3 rings (SSSR count). The number of fused-ring (bicyclic) bond motifs is 1. The molecule has 1 aliphatic heterocycles. The van der Waals surface area contributed by atoms with Crippen LogP contribution in [0.5, 0.6) is 0 Å². The van der Waals surface area contributed by atoms with E-state index in [4.69, 9.17) is 9.15 Å². The fourth-order valence-corrected chi connectivity index (χ4v) is 4.24. The Balaban J connectivity index is 1.67. The lowest BCUT2D eigenvalue weighted by atomic mass is 10.2. The highest BCUT2D eigenvalue weighted by Crippen LogP contribution is 2.24. The van der Waals surface area contributed by atoms with Crippen molar-refractivity contribution in [1.29, 1.82) is 0 Å². The van der Waals surface area contributed by atoms with Gasteiger partial charge in [0.05, 0.1) is 12.1 Å². The summed E-state index contributed by atoms with van der Waals surface area (Å²) in [6.45, 7) is 0.806. The first kappa shape index (κ1) is 14.8. The molecule has 3 unspecified atom stereocenters. The number of rotatable bonds is 6. The Morgan fingerprint density at radius 3 is 3.00 bits per heavy atom. The molecule has 1 aromatic heterocycles. The van der Waals surface area contributed by atoms with Gasteiger partial charge in [0.25, 0.3) is 0 Å². The Labute approximate surface area is 127 Å². The van der Waals surface area contributed by atoms with Crippen LogP contribution in [0, 0.1) is 0 Å².